The number of furan rings is 1. The van der Waals surface area contributed by atoms with E-state index in [0.29, 0.717) is 18.1 Å². The molecule has 1 saturated heterocycles. The fraction of sp³-hybridized carbons (Fsp3) is 0.333. The number of anilines is 1. The van der Waals surface area contributed by atoms with Crippen molar-refractivity contribution in [2.45, 2.75) is 0 Å². The average molecular weight is 412 g/mol. The number of ether oxygens (including phenoxy) is 2. The Morgan fingerprint density at radius 2 is 2.00 bits per heavy atom. The number of nitrogens with zero attached hydrogens (tertiary/aromatic N) is 3. The Bertz CT molecular complexity index is 948. The predicted octanol–water partition coefficient (Wildman–Crippen LogP) is 2.85. The minimum Gasteiger partial charge on any atom is -0.497 e. The average Bonchev–Trinajstić information content (AvgIpc) is 3.46. The largest absolute Gasteiger partial charge is 0.497 e. The van der Waals surface area contributed by atoms with E-state index in [1.165, 1.54) is 12.3 Å². The van der Waals surface area contributed by atoms with Crippen LogP contribution in [-0.2, 0) is 0 Å². The van der Waals surface area contributed by atoms with Crippen LogP contribution < -0.4 is 19.7 Å². The summed E-state index contributed by atoms with van der Waals surface area (Å²) >= 11 is 0. The minimum atomic E-state index is -0.565. The molecule has 9 nitrogen and oxygen atoms in total. The molecule has 0 spiro atoms. The van der Waals surface area contributed by atoms with Crippen molar-refractivity contribution < 1.29 is 23.2 Å². The van der Waals surface area contributed by atoms with E-state index in [2.05, 4.69) is 32.4 Å². The Balaban J connectivity index is 1.17. The fourth-order valence-electron chi connectivity index (χ4n) is 3.33. The third kappa shape index (κ3) is 4.93. The van der Waals surface area contributed by atoms with Crippen molar-refractivity contribution in [2.75, 3.05) is 51.3 Å². The van der Waals surface area contributed by atoms with Gasteiger partial charge in [0.15, 0.2) is 5.76 Å². The number of hydrogen-bond donors (Lipinski definition) is 1. The zero-order valence-electron chi connectivity index (χ0n) is 16.7. The first-order valence-corrected chi connectivity index (χ1v) is 9.79. The van der Waals surface area contributed by atoms with Crippen molar-refractivity contribution in [3.63, 3.8) is 0 Å². The standard InChI is InChI=1S/C21H24N4O5/c1-27-17-5-2-4-16(14-17)25-11-9-24(10-12-25)8-7-22-21(26)29-20-15-19(30-23-20)18-6-3-13-28-18/h2-6,13-15H,7-12H2,1H3,(H,22,26). The third-order valence-electron chi connectivity index (χ3n) is 4.94. The Hall–Kier alpha value is -3.46. The van der Waals surface area contributed by atoms with Crippen molar-refractivity contribution in [2.24, 2.45) is 0 Å². The van der Waals surface area contributed by atoms with Crippen molar-refractivity contribution in [1.82, 2.24) is 15.4 Å². The molecule has 1 aromatic carbocycles. The Kier molecular flexibility index (Phi) is 6.19. The van der Waals surface area contributed by atoms with Crippen LogP contribution >= 0.6 is 0 Å². The van der Waals surface area contributed by atoms with Crippen LogP contribution in [0, 0.1) is 0 Å². The van der Waals surface area contributed by atoms with Gasteiger partial charge < -0.3 is 28.6 Å². The van der Waals surface area contributed by atoms with Crippen LogP contribution in [-0.4, -0.2) is 62.5 Å². The maximum atomic E-state index is 12.0. The van der Waals surface area contributed by atoms with Gasteiger partial charge in [-0.05, 0) is 29.4 Å². The Morgan fingerprint density at radius 1 is 1.13 bits per heavy atom. The fourth-order valence-corrected chi connectivity index (χ4v) is 3.33. The maximum Gasteiger partial charge on any atom is 0.414 e. The lowest BCUT2D eigenvalue weighted by molar-refractivity contribution is 0.191. The maximum absolute atomic E-state index is 12.0. The van der Waals surface area contributed by atoms with E-state index in [9.17, 15) is 4.79 Å². The molecule has 1 fully saturated rings. The summed E-state index contributed by atoms with van der Waals surface area (Å²) in [6.45, 7) is 4.92. The molecule has 0 aliphatic carbocycles. The van der Waals surface area contributed by atoms with Crippen molar-refractivity contribution >= 4 is 11.8 Å². The van der Waals surface area contributed by atoms with E-state index in [4.69, 9.17) is 18.4 Å². The van der Waals surface area contributed by atoms with Crippen LogP contribution in [0.5, 0.6) is 11.6 Å². The lowest BCUT2D eigenvalue weighted by Gasteiger charge is -2.36. The SMILES string of the molecule is COc1cccc(N2CCN(CCNC(=O)Oc3cc(-c4ccco4)on3)CC2)c1. The van der Waals surface area contributed by atoms with E-state index in [0.717, 1.165) is 44.2 Å². The second-order valence-electron chi connectivity index (χ2n) is 6.85. The number of rotatable bonds is 7. The van der Waals surface area contributed by atoms with Gasteiger partial charge in [-0.2, -0.15) is 0 Å². The number of nitrogens with one attached hydrogen (secondary N) is 1. The van der Waals surface area contributed by atoms with E-state index < -0.39 is 6.09 Å². The molecule has 0 saturated carbocycles. The number of aromatic nitrogens is 1. The molecular formula is C21H24N4O5. The Morgan fingerprint density at radius 3 is 2.77 bits per heavy atom. The summed E-state index contributed by atoms with van der Waals surface area (Å²) in [5.74, 6) is 1.87. The summed E-state index contributed by atoms with van der Waals surface area (Å²) in [5, 5.41) is 6.46. The van der Waals surface area contributed by atoms with Gasteiger partial charge in [-0.15, -0.1) is 0 Å². The topological polar surface area (TPSA) is 93.2 Å². The van der Waals surface area contributed by atoms with Gasteiger partial charge >= 0.3 is 6.09 Å². The molecule has 3 aromatic rings. The molecule has 1 aliphatic rings. The monoisotopic (exact) mass is 412 g/mol. The molecule has 1 amide bonds. The summed E-state index contributed by atoms with van der Waals surface area (Å²) in [6.07, 6.45) is 0.964. The molecule has 0 radical (unpaired) electrons. The van der Waals surface area contributed by atoms with Crippen molar-refractivity contribution in [3.8, 4) is 23.1 Å². The van der Waals surface area contributed by atoms with Crippen LogP contribution in [0.2, 0.25) is 0 Å². The second-order valence-corrected chi connectivity index (χ2v) is 6.85. The molecule has 0 bridgehead atoms. The van der Waals surface area contributed by atoms with Gasteiger partial charge in [0.25, 0.3) is 5.88 Å². The van der Waals surface area contributed by atoms with E-state index in [1.54, 1.807) is 19.2 Å². The first kappa shape index (κ1) is 19.8. The van der Waals surface area contributed by atoms with E-state index in [-0.39, 0.29) is 5.88 Å². The highest BCUT2D eigenvalue weighted by molar-refractivity contribution is 5.70. The van der Waals surface area contributed by atoms with Crippen LogP contribution in [0.25, 0.3) is 11.5 Å². The van der Waals surface area contributed by atoms with Crippen molar-refractivity contribution in [1.29, 1.82) is 0 Å². The van der Waals surface area contributed by atoms with E-state index in [1.807, 2.05) is 12.1 Å². The normalized spacial score (nSPS) is 14.5. The highest BCUT2D eigenvalue weighted by atomic mass is 16.6. The van der Waals surface area contributed by atoms with Gasteiger partial charge in [-0.25, -0.2) is 4.79 Å². The molecule has 158 valence electrons. The highest BCUT2D eigenvalue weighted by Gasteiger charge is 2.18. The molecule has 1 aliphatic heterocycles. The molecule has 0 atom stereocenters. The molecule has 0 unspecified atom stereocenters. The number of methoxy groups -OCH3 is 1. The summed E-state index contributed by atoms with van der Waals surface area (Å²) in [4.78, 5) is 16.6. The molecule has 3 heterocycles. The van der Waals surface area contributed by atoms with E-state index >= 15 is 0 Å². The number of carbonyl (C=O) groups is 1. The summed E-state index contributed by atoms with van der Waals surface area (Å²) in [6, 6.07) is 13.1. The van der Waals surface area contributed by atoms with Gasteiger partial charge in [-0.3, -0.25) is 4.90 Å². The zero-order valence-corrected chi connectivity index (χ0v) is 16.7. The lowest BCUT2D eigenvalue weighted by Crippen LogP contribution is -2.48. The molecule has 2 aromatic heterocycles. The molecular weight excluding hydrogens is 388 g/mol. The lowest BCUT2D eigenvalue weighted by atomic mass is 10.2. The number of benzene rings is 1. The summed E-state index contributed by atoms with van der Waals surface area (Å²) < 4.78 is 20.8. The predicted molar refractivity (Wildman–Crippen MR) is 110 cm³/mol. The molecule has 4 rings (SSSR count). The molecule has 1 N–H and O–H groups in total. The zero-order chi connectivity index (χ0) is 20.8. The number of hydrogen-bond acceptors (Lipinski definition) is 8. The summed E-state index contributed by atoms with van der Waals surface area (Å²) in [5.41, 5.74) is 1.16. The first-order chi connectivity index (χ1) is 14.7. The number of piperazine rings is 1. The quantitative estimate of drug-likeness (QED) is 0.633. The van der Waals surface area contributed by atoms with Gasteiger partial charge in [0.2, 0.25) is 5.76 Å². The third-order valence-corrected chi connectivity index (χ3v) is 4.94. The van der Waals surface area contributed by atoms with Crippen molar-refractivity contribution in [3.05, 3.63) is 48.7 Å². The second kappa shape index (κ2) is 9.36. The van der Waals surface area contributed by atoms with Crippen LogP contribution in [0.15, 0.2) is 57.7 Å². The number of amides is 1. The molecule has 30 heavy (non-hydrogen) atoms. The Labute approximate surface area is 174 Å². The van der Waals surface area contributed by atoms with Gasteiger partial charge in [-0.1, -0.05) is 6.07 Å². The smallest absolute Gasteiger partial charge is 0.414 e. The summed E-state index contributed by atoms with van der Waals surface area (Å²) in [7, 11) is 1.68. The van der Waals surface area contributed by atoms with Crippen LogP contribution in [0.1, 0.15) is 0 Å². The van der Waals surface area contributed by atoms with Crippen LogP contribution in [0.4, 0.5) is 10.5 Å². The molecule has 9 heteroatoms. The van der Waals surface area contributed by atoms with Gasteiger partial charge in [0.1, 0.15) is 5.75 Å². The first-order valence-electron chi connectivity index (χ1n) is 9.79. The number of carbonyl (C=O) groups excluding carboxylic acids is 1. The van der Waals surface area contributed by atoms with Gasteiger partial charge in [0.05, 0.1) is 19.4 Å². The van der Waals surface area contributed by atoms with Gasteiger partial charge in [0, 0.05) is 51.0 Å². The highest BCUT2D eigenvalue weighted by Crippen LogP contribution is 2.24. The van der Waals surface area contributed by atoms with Crippen LogP contribution in [0.3, 0.4) is 0 Å². The minimum absolute atomic E-state index is 0.0887.